The average molecular weight is 336 g/mol. The van der Waals surface area contributed by atoms with E-state index < -0.39 is 0 Å². The summed E-state index contributed by atoms with van der Waals surface area (Å²) in [7, 11) is 0. The van der Waals surface area contributed by atoms with Crippen molar-refractivity contribution in [2.24, 2.45) is 0 Å². The Kier molecular flexibility index (Phi) is 4.70. The first-order valence-electron chi connectivity index (χ1n) is 8.69. The van der Waals surface area contributed by atoms with E-state index in [0.717, 1.165) is 36.8 Å². The van der Waals surface area contributed by atoms with E-state index in [4.69, 9.17) is 13.9 Å². The molecule has 0 spiro atoms. The Balaban J connectivity index is 1.36. The van der Waals surface area contributed by atoms with Crippen LogP contribution >= 0.6 is 0 Å². The lowest BCUT2D eigenvalue weighted by Crippen LogP contribution is -2.82. The van der Waals surface area contributed by atoms with E-state index in [0.29, 0.717) is 12.7 Å². The summed E-state index contributed by atoms with van der Waals surface area (Å²) in [5.74, 6) is 3.02. The van der Waals surface area contributed by atoms with Crippen molar-refractivity contribution in [2.75, 3.05) is 13.3 Å². The SMILES string of the molecule is c1ccc([C@@H](CC[NH2+]Cc2ccc3c(c2)OCO3)c2ccco2)cc1. The molecule has 1 aromatic heterocycles. The molecule has 25 heavy (non-hydrogen) atoms. The second-order valence-electron chi connectivity index (χ2n) is 6.24. The molecule has 1 aliphatic heterocycles. The molecule has 1 aliphatic rings. The number of ether oxygens (including phenoxy) is 2. The summed E-state index contributed by atoms with van der Waals surface area (Å²) in [5.41, 5.74) is 2.55. The van der Waals surface area contributed by atoms with Gasteiger partial charge >= 0.3 is 0 Å². The van der Waals surface area contributed by atoms with Gasteiger partial charge in [-0.2, -0.15) is 0 Å². The zero-order valence-electron chi connectivity index (χ0n) is 14.1. The highest BCUT2D eigenvalue weighted by atomic mass is 16.7. The standard InChI is InChI=1S/C21H21NO3/c1-2-5-17(6-3-1)18(19-7-4-12-23-19)10-11-22-14-16-8-9-20-21(13-16)25-15-24-20/h1-9,12-13,18,22H,10-11,14-15H2/p+1/t18-/m1/s1. The van der Waals surface area contributed by atoms with Gasteiger partial charge in [-0.25, -0.2) is 0 Å². The largest absolute Gasteiger partial charge is 0.469 e. The third-order valence-corrected chi connectivity index (χ3v) is 4.57. The van der Waals surface area contributed by atoms with Crippen molar-refractivity contribution in [3.8, 4) is 11.5 Å². The predicted octanol–water partition coefficient (Wildman–Crippen LogP) is 3.29. The monoisotopic (exact) mass is 336 g/mol. The number of benzene rings is 2. The van der Waals surface area contributed by atoms with Crippen LogP contribution in [0, 0.1) is 0 Å². The molecule has 2 heterocycles. The van der Waals surface area contributed by atoms with E-state index in [-0.39, 0.29) is 0 Å². The third-order valence-electron chi connectivity index (χ3n) is 4.57. The zero-order valence-corrected chi connectivity index (χ0v) is 14.1. The van der Waals surface area contributed by atoms with E-state index in [2.05, 4.69) is 53.8 Å². The minimum absolute atomic E-state index is 0.296. The van der Waals surface area contributed by atoms with Crippen LogP contribution in [0.25, 0.3) is 0 Å². The molecule has 0 unspecified atom stereocenters. The molecule has 0 radical (unpaired) electrons. The minimum atomic E-state index is 0.296. The van der Waals surface area contributed by atoms with Crippen molar-refractivity contribution >= 4 is 0 Å². The quantitative estimate of drug-likeness (QED) is 0.674. The highest BCUT2D eigenvalue weighted by Gasteiger charge is 2.18. The van der Waals surface area contributed by atoms with Gasteiger partial charge in [-0.1, -0.05) is 30.3 Å². The highest BCUT2D eigenvalue weighted by molar-refractivity contribution is 5.44. The molecule has 1 atom stereocenters. The Bertz CT molecular complexity index is 799. The first-order chi connectivity index (χ1) is 12.4. The number of rotatable bonds is 7. The molecule has 0 saturated heterocycles. The smallest absolute Gasteiger partial charge is 0.231 e. The molecule has 0 bridgehead atoms. The summed E-state index contributed by atoms with van der Waals surface area (Å²) in [5, 5.41) is 2.33. The fraction of sp³-hybridized carbons (Fsp3) is 0.238. The predicted molar refractivity (Wildman–Crippen MR) is 94.7 cm³/mol. The lowest BCUT2D eigenvalue weighted by molar-refractivity contribution is -0.671. The van der Waals surface area contributed by atoms with Gasteiger partial charge in [0.1, 0.15) is 12.3 Å². The van der Waals surface area contributed by atoms with Crippen molar-refractivity contribution in [1.29, 1.82) is 0 Å². The van der Waals surface area contributed by atoms with Gasteiger partial charge in [-0.05, 0) is 35.9 Å². The van der Waals surface area contributed by atoms with Crippen LogP contribution < -0.4 is 14.8 Å². The summed E-state index contributed by atoms with van der Waals surface area (Å²) in [6, 6.07) is 20.7. The Labute approximate surface area is 147 Å². The lowest BCUT2D eigenvalue weighted by Gasteiger charge is -2.14. The van der Waals surface area contributed by atoms with Crippen LogP contribution in [0.4, 0.5) is 0 Å². The molecule has 2 N–H and O–H groups in total. The Hall–Kier alpha value is -2.72. The molecule has 0 amide bonds. The fourth-order valence-electron chi connectivity index (χ4n) is 3.27. The zero-order chi connectivity index (χ0) is 16.9. The van der Waals surface area contributed by atoms with Gasteiger partial charge in [0, 0.05) is 17.9 Å². The van der Waals surface area contributed by atoms with Gasteiger partial charge in [-0.3, -0.25) is 0 Å². The Morgan fingerprint density at radius 1 is 0.920 bits per heavy atom. The van der Waals surface area contributed by atoms with Crippen molar-refractivity contribution in [1.82, 2.24) is 0 Å². The molecule has 0 aliphatic carbocycles. The highest BCUT2D eigenvalue weighted by Crippen LogP contribution is 2.32. The molecule has 2 aromatic carbocycles. The molecule has 3 aromatic rings. The molecule has 128 valence electrons. The van der Waals surface area contributed by atoms with Gasteiger partial charge in [0.05, 0.1) is 12.8 Å². The molecule has 4 rings (SSSR count). The maximum atomic E-state index is 5.67. The Morgan fingerprint density at radius 2 is 1.80 bits per heavy atom. The van der Waals surface area contributed by atoms with E-state index in [1.807, 2.05) is 12.1 Å². The average Bonchev–Trinajstić information content (AvgIpc) is 3.34. The summed E-state index contributed by atoms with van der Waals surface area (Å²) >= 11 is 0. The van der Waals surface area contributed by atoms with Crippen LogP contribution in [-0.4, -0.2) is 13.3 Å². The van der Waals surface area contributed by atoms with Gasteiger partial charge in [0.15, 0.2) is 11.5 Å². The molecule has 0 saturated carbocycles. The van der Waals surface area contributed by atoms with E-state index in [9.17, 15) is 0 Å². The number of fused-ring (bicyclic) bond motifs is 1. The van der Waals surface area contributed by atoms with Crippen molar-refractivity contribution in [3.63, 3.8) is 0 Å². The van der Waals surface area contributed by atoms with Crippen LogP contribution in [-0.2, 0) is 6.54 Å². The molecule has 4 nitrogen and oxygen atoms in total. The van der Waals surface area contributed by atoms with Crippen molar-refractivity contribution in [3.05, 3.63) is 83.8 Å². The second kappa shape index (κ2) is 7.45. The fourth-order valence-corrected chi connectivity index (χ4v) is 3.27. The molecule has 0 fully saturated rings. The van der Waals surface area contributed by atoms with Gasteiger partial charge in [0.2, 0.25) is 6.79 Å². The van der Waals surface area contributed by atoms with Gasteiger partial charge < -0.3 is 19.2 Å². The van der Waals surface area contributed by atoms with Crippen LogP contribution in [0.1, 0.15) is 29.2 Å². The topological polar surface area (TPSA) is 48.2 Å². The van der Waals surface area contributed by atoms with Gasteiger partial charge in [0.25, 0.3) is 0 Å². The summed E-state index contributed by atoms with van der Waals surface area (Å²) in [6.07, 6.45) is 2.78. The van der Waals surface area contributed by atoms with E-state index in [1.54, 1.807) is 6.26 Å². The normalized spacial score (nSPS) is 13.8. The number of nitrogens with two attached hydrogens (primary N) is 1. The van der Waals surface area contributed by atoms with Crippen LogP contribution in [0.5, 0.6) is 11.5 Å². The van der Waals surface area contributed by atoms with Crippen molar-refractivity contribution < 1.29 is 19.2 Å². The van der Waals surface area contributed by atoms with Crippen LogP contribution in [0.15, 0.2) is 71.3 Å². The summed E-state index contributed by atoms with van der Waals surface area (Å²) in [6.45, 7) is 2.27. The number of quaternary nitrogens is 1. The maximum absolute atomic E-state index is 5.67. The second-order valence-corrected chi connectivity index (χ2v) is 6.24. The summed E-state index contributed by atoms with van der Waals surface area (Å²) in [4.78, 5) is 0. The molecule has 4 heteroatoms. The lowest BCUT2D eigenvalue weighted by atomic mass is 9.93. The number of furan rings is 1. The minimum Gasteiger partial charge on any atom is -0.469 e. The van der Waals surface area contributed by atoms with Crippen LogP contribution in [0.3, 0.4) is 0 Å². The Morgan fingerprint density at radius 3 is 2.64 bits per heavy atom. The first kappa shape index (κ1) is 15.8. The summed E-state index contributed by atoms with van der Waals surface area (Å²) < 4.78 is 16.5. The number of hydrogen-bond acceptors (Lipinski definition) is 3. The first-order valence-corrected chi connectivity index (χ1v) is 8.69. The van der Waals surface area contributed by atoms with Gasteiger partial charge in [-0.15, -0.1) is 0 Å². The maximum Gasteiger partial charge on any atom is 0.231 e. The van der Waals surface area contributed by atoms with E-state index in [1.165, 1.54) is 11.1 Å². The van der Waals surface area contributed by atoms with Crippen molar-refractivity contribution in [2.45, 2.75) is 18.9 Å². The molecular weight excluding hydrogens is 314 g/mol. The van der Waals surface area contributed by atoms with E-state index >= 15 is 0 Å². The molecular formula is C21H22NO3+. The number of hydrogen-bond donors (Lipinski definition) is 1. The third kappa shape index (κ3) is 3.69. The van der Waals surface area contributed by atoms with Crippen LogP contribution in [0.2, 0.25) is 0 Å².